The van der Waals surface area contributed by atoms with Gasteiger partial charge in [0.15, 0.2) is 5.03 Å². The molecule has 1 aliphatic rings. The quantitative estimate of drug-likeness (QED) is 0.905. The highest BCUT2D eigenvalue weighted by Crippen LogP contribution is 2.29. The van der Waals surface area contributed by atoms with Crippen LogP contribution in [0, 0.1) is 5.92 Å². The van der Waals surface area contributed by atoms with Gasteiger partial charge < -0.3 is 5.73 Å². The molecule has 19 heavy (non-hydrogen) atoms. The molecule has 1 atom stereocenters. The third-order valence-electron chi connectivity index (χ3n) is 3.62. The molecule has 6 heteroatoms. The molecule has 1 aromatic rings. The Labute approximate surface area is 114 Å². The highest BCUT2D eigenvalue weighted by Gasteiger charge is 2.37. The van der Waals surface area contributed by atoms with Crippen molar-refractivity contribution in [2.45, 2.75) is 44.3 Å². The first-order valence-electron chi connectivity index (χ1n) is 6.63. The van der Waals surface area contributed by atoms with Crippen LogP contribution in [0.2, 0.25) is 0 Å². The number of sulfonamides is 1. The second-order valence-electron chi connectivity index (χ2n) is 5.28. The molecule has 1 unspecified atom stereocenters. The topological polar surface area (TPSA) is 76.3 Å². The lowest BCUT2D eigenvalue weighted by molar-refractivity contribution is 0.315. The van der Waals surface area contributed by atoms with Crippen molar-refractivity contribution in [2.24, 2.45) is 11.7 Å². The van der Waals surface area contributed by atoms with Crippen molar-refractivity contribution in [2.75, 3.05) is 6.54 Å². The van der Waals surface area contributed by atoms with Gasteiger partial charge in [-0.15, -0.1) is 0 Å². The number of rotatable bonds is 4. The van der Waals surface area contributed by atoms with Crippen molar-refractivity contribution in [3.63, 3.8) is 0 Å². The van der Waals surface area contributed by atoms with E-state index < -0.39 is 10.0 Å². The lowest BCUT2D eigenvalue weighted by Gasteiger charge is -2.26. The van der Waals surface area contributed by atoms with E-state index in [1.807, 2.05) is 0 Å². The minimum Gasteiger partial charge on any atom is -0.326 e. The largest absolute Gasteiger partial charge is 0.326 e. The Hall–Kier alpha value is -0.980. The van der Waals surface area contributed by atoms with E-state index in [0.717, 1.165) is 18.4 Å². The zero-order chi connectivity index (χ0) is 14.0. The van der Waals surface area contributed by atoms with Gasteiger partial charge in [0.2, 0.25) is 0 Å². The second-order valence-corrected chi connectivity index (χ2v) is 7.12. The van der Waals surface area contributed by atoms with E-state index in [1.165, 1.54) is 6.20 Å². The van der Waals surface area contributed by atoms with E-state index in [-0.39, 0.29) is 11.1 Å². The van der Waals surface area contributed by atoms with Gasteiger partial charge in [0, 0.05) is 25.3 Å². The molecule has 5 nitrogen and oxygen atoms in total. The van der Waals surface area contributed by atoms with Gasteiger partial charge in [-0.3, -0.25) is 0 Å². The molecule has 106 valence electrons. The molecule has 0 aliphatic carbocycles. The first kappa shape index (κ1) is 14.4. The van der Waals surface area contributed by atoms with Crippen LogP contribution in [0.3, 0.4) is 0 Å². The molecule has 2 heterocycles. The summed E-state index contributed by atoms with van der Waals surface area (Å²) < 4.78 is 26.8. The summed E-state index contributed by atoms with van der Waals surface area (Å²) in [5.41, 5.74) is 6.33. The summed E-state index contributed by atoms with van der Waals surface area (Å²) in [6.45, 7) is 5.07. The molecule has 0 spiro atoms. The van der Waals surface area contributed by atoms with Gasteiger partial charge in [0.1, 0.15) is 0 Å². The van der Waals surface area contributed by atoms with Gasteiger partial charge in [0.25, 0.3) is 10.0 Å². The fraction of sp³-hybridized carbons (Fsp3) is 0.615. The lowest BCUT2D eigenvalue weighted by Crippen LogP contribution is -2.38. The Morgan fingerprint density at radius 2 is 2.21 bits per heavy atom. The van der Waals surface area contributed by atoms with E-state index in [0.29, 0.717) is 19.0 Å². The molecule has 0 radical (unpaired) electrons. The van der Waals surface area contributed by atoms with E-state index >= 15 is 0 Å². The molecule has 0 bridgehead atoms. The van der Waals surface area contributed by atoms with E-state index in [2.05, 4.69) is 18.8 Å². The third kappa shape index (κ3) is 2.80. The van der Waals surface area contributed by atoms with Crippen LogP contribution in [0.15, 0.2) is 23.4 Å². The molecule has 1 saturated heterocycles. The predicted octanol–water partition coefficient (Wildman–Crippen LogP) is 1.35. The molecule has 2 rings (SSSR count). The summed E-state index contributed by atoms with van der Waals surface area (Å²) in [5.74, 6) is 0.320. The fourth-order valence-electron chi connectivity index (χ4n) is 2.53. The smallest absolute Gasteiger partial charge is 0.260 e. The van der Waals surface area contributed by atoms with Crippen LogP contribution in [0.4, 0.5) is 0 Å². The molecule has 0 saturated carbocycles. The Balaban J connectivity index is 2.30. The molecule has 2 N–H and O–H groups in total. The maximum Gasteiger partial charge on any atom is 0.260 e. The zero-order valence-corrected chi connectivity index (χ0v) is 12.2. The standard InChI is InChI=1S/C13H21N3O2S/c1-10(2)12-4-3-7-16(12)19(17,18)13-6-5-11(8-14)9-15-13/h5-6,9-10,12H,3-4,7-8,14H2,1-2H3. The zero-order valence-electron chi connectivity index (χ0n) is 11.4. The summed E-state index contributed by atoms with van der Waals surface area (Å²) in [6, 6.07) is 3.36. The van der Waals surface area contributed by atoms with Crippen LogP contribution < -0.4 is 5.73 Å². The number of nitrogens with two attached hydrogens (primary N) is 1. The lowest BCUT2D eigenvalue weighted by atomic mass is 10.0. The maximum atomic E-state index is 12.6. The summed E-state index contributed by atoms with van der Waals surface area (Å²) >= 11 is 0. The minimum absolute atomic E-state index is 0.0842. The summed E-state index contributed by atoms with van der Waals surface area (Å²) in [5, 5.41) is 0.122. The number of hydrogen-bond acceptors (Lipinski definition) is 4. The van der Waals surface area contributed by atoms with E-state index in [9.17, 15) is 8.42 Å². The normalized spacial score (nSPS) is 21.2. The number of pyridine rings is 1. The van der Waals surface area contributed by atoms with Gasteiger partial charge in [0.05, 0.1) is 0 Å². The Morgan fingerprint density at radius 1 is 1.47 bits per heavy atom. The highest BCUT2D eigenvalue weighted by molar-refractivity contribution is 7.89. The number of aromatic nitrogens is 1. The van der Waals surface area contributed by atoms with Crippen molar-refractivity contribution >= 4 is 10.0 Å². The SMILES string of the molecule is CC(C)C1CCCN1S(=O)(=O)c1ccc(CN)cn1. The maximum absolute atomic E-state index is 12.6. The highest BCUT2D eigenvalue weighted by atomic mass is 32.2. The van der Waals surface area contributed by atoms with Crippen molar-refractivity contribution in [1.29, 1.82) is 0 Å². The monoisotopic (exact) mass is 283 g/mol. The fourth-order valence-corrected chi connectivity index (χ4v) is 4.28. The molecular weight excluding hydrogens is 262 g/mol. The van der Waals surface area contributed by atoms with Crippen LogP contribution in [0.25, 0.3) is 0 Å². The van der Waals surface area contributed by atoms with Crippen LogP contribution in [-0.2, 0) is 16.6 Å². The number of nitrogens with zero attached hydrogens (tertiary/aromatic N) is 2. The van der Waals surface area contributed by atoms with E-state index in [4.69, 9.17) is 5.73 Å². The Kier molecular flexibility index (Phi) is 4.23. The molecule has 0 aromatic carbocycles. The van der Waals surface area contributed by atoms with E-state index in [1.54, 1.807) is 16.4 Å². The molecule has 0 amide bonds. The van der Waals surface area contributed by atoms with Crippen LogP contribution in [0.5, 0.6) is 0 Å². The Bertz CT molecular complexity index is 525. The van der Waals surface area contributed by atoms with Gasteiger partial charge in [-0.25, -0.2) is 13.4 Å². The summed E-state index contributed by atoms with van der Waals surface area (Å²) in [6.07, 6.45) is 3.38. The van der Waals surface area contributed by atoms with Crippen LogP contribution in [-0.4, -0.2) is 30.3 Å². The molecular formula is C13H21N3O2S. The second kappa shape index (κ2) is 5.56. The van der Waals surface area contributed by atoms with Crippen molar-refractivity contribution in [3.8, 4) is 0 Å². The van der Waals surface area contributed by atoms with Crippen molar-refractivity contribution in [1.82, 2.24) is 9.29 Å². The average molecular weight is 283 g/mol. The van der Waals surface area contributed by atoms with Gasteiger partial charge in [-0.05, 0) is 30.4 Å². The van der Waals surface area contributed by atoms with Crippen molar-refractivity contribution < 1.29 is 8.42 Å². The first-order valence-corrected chi connectivity index (χ1v) is 8.07. The molecule has 1 fully saturated rings. The van der Waals surface area contributed by atoms with Gasteiger partial charge in [-0.2, -0.15) is 4.31 Å². The molecule has 1 aliphatic heterocycles. The average Bonchev–Trinajstić information content (AvgIpc) is 2.89. The molecule has 1 aromatic heterocycles. The summed E-state index contributed by atoms with van der Waals surface area (Å²) in [4.78, 5) is 4.05. The van der Waals surface area contributed by atoms with Crippen molar-refractivity contribution in [3.05, 3.63) is 23.9 Å². The minimum atomic E-state index is -3.48. The predicted molar refractivity (Wildman–Crippen MR) is 73.9 cm³/mol. The van der Waals surface area contributed by atoms with Crippen LogP contribution in [0.1, 0.15) is 32.3 Å². The Morgan fingerprint density at radius 3 is 2.74 bits per heavy atom. The third-order valence-corrected chi connectivity index (χ3v) is 5.47. The summed E-state index contributed by atoms with van der Waals surface area (Å²) in [7, 11) is -3.48. The van der Waals surface area contributed by atoms with Crippen LogP contribution >= 0.6 is 0 Å². The van der Waals surface area contributed by atoms with Gasteiger partial charge >= 0.3 is 0 Å². The number of hydrogen-bond donors (Lipinski definition) is 1. The first-order chi connectivity index (χ1) is 8.96. The van der Waals surface area contributed by atoms with Gasteiger partial charge in [-0.1, -0.05) is 19.9 Å².